The molecular formula is C6H9F2NO2. The summed E-state index contributed by atoms with van der Waals surface area (Å²) in [7, 11) is 0. The van der Waals surface area contributed by atoms with Crippen LogP contribution < -0.4 is 0 Å². The summed E-state index contributed by atoms with van der Waals surface area (Å²) in [4.78, 5) is 21.6. The summed E-state index contributed by atoms with van der Waals surface area (Å²) < 4.78 is 23.3. The minimum Gasteiger partial charge on any atom is -0.278 e. The Morgan fingerprint density at radius 2 is 1.55 bits per heavy atom. The topological polar surface area (TPSA) is 37.4 Å². The van der Waals surface area contributed by atoms with Crippen molar-refractivity contribution in [2.24, 2.45) is 0 Å². The zero-order valence-corrected chi connectivity index (χ0v) is 6.14. The van der Waals surface area contributed by atoms with Crippen LogP contribution in [0.4, 0.5) is 8.78 Å². The first-order valence-corrected chi connectivity index (χ1v) is 3.12. The Bertz CT molecular complexity index is 145. The van der Waals surface area contributed by atoms with Gasteiger partial charge in [-0.05, 0) is 6.92 Å². The van der Waals surface area contributed by atoms with Gasteiger partial charge in [0, 0.05) is 6.54 Å². The second-order valence-corrected chi connectivity index (χ2v) is 1.80. The van der Waals surface area contributed by atoms with Crippen molar-refractivity contribution in [3.05, 3.63) is 0 Å². The van der Waals surface area contributed by atoms with Crippen molar-refractivity contribution < 1.29 is 18.4 Å². The third-order valence-corrected chi connectivity index (χ3v) is 1.15. The number of alkyl halides is 2. The average Bonchev–Trinajstić information content (AvgIpc) is 2.05. The van der Waals surface area contributed by atoms with Crippen LogP contribution in [-0.4, -0.2) is 36.6 Å². The molecule has 0 aliphatic rings. The smallest absolute Gasteiger partial charge is 0.260 e. The van der Waals surface area contributed by atoms with Crippen LogP contribution in [0.3, 0.4) is 0 Å². The van der Waals surface area contributed by atoms with Crippen molar-refractivity contribution >= 4 is 11.8 Å². The number of nitrogens with zero attached hydrogens (tertiary/aromatic N) is 1. The van der Waals surface area contributed by atoms with Crippen LogP contribution in [0.15, 0.2) is 0 Å². The Hall–Kier alpha value is -1.00. The lowest BCUT2D eigenvalue weighted by molar-refractivity contribution is -0.145. The summed E-state index contributed by atoms with van der Waals surface area (Å²) in [5.41, 5.74) is 0. The number of carbonyl (C=O) groups excluding carboxylic acids is 2. The summed E-state index contributed by atoms with van der Waals surface area (Å²) in [6.07, 6.45) is 0. The number of amides is 2. The molecule has 0 fully saturated rings. The summed E-state index contributed by atoms with van der Waals surface area (Å²) in [5, 5.41) is 0. The SMILES string of the molecule is CCN(C(=O)CF)C(=O)CF. The van der Waals surface area contributed by atoms with Crippen molar-refractivity contribution in [1.82, 2.24) is 4.90 Å². The van der Waals surface area contributed by atoms with Gasteiger partial charge in [-0.1, -0.05) is 0 Å². The Kier molecular flexibility index (Phi) is 4.33. The Balaban J connectivity index is 4.15. The third-order valence-electron chi connectivity index (χ3n) is 1.15. The summed E-state index contributed by atoms with van der Waals surface area (Å²) in [6.45, 7) is -1.05. The van der Waals surface area contributed by atoms with Gasteiger partial charge in [-0.3, -0.25) is 14.5 Å². The van der Waals surface area contributed by atoms with Gasteiger partial charge < -0.3 is 0 Å². The van der Waals surface area contributed by atoms with Crippen LogP contribution >= 0.6 is 0 Å². The minimum absolute atomic E-state index is 0.00546. The molecule has 0 aromatic heterocycles. The molecule has 0 radical (unpaired) electrons. The molecule has 0 aromatic carbocycles. The van der Waals surface area contributed by atoms with Gasteiger partial charge in [0.25, 0.3) is 11.8 Å². The molecule has 0 aliphatic carbocycles. The molecule has 0 saturated heterocycles. The quantitative estimate of drug-likeness (QED) is 0.603. The van der Waals surface area contributed by atoms with Crippen molar-refractivity contribution in [2.45, 2.75) is 6.92 Å². The molecule has 11 heavy (non-hydrogen) atoms. The van der Waals surface area contributed by atoms with E-state index in [0.29, 0.717) is 4.90 Å². The van der Waals surface area contributed by atoms with E-state index in [9.17, 15) is 18.4 Å². The van der Waals surface area contributed by atoms with E-state index >= 15 is 0 Å². The summed E-state index contributed by atoms with van der Waals surface area (Å²) >= 11 is 0. The van der Waals surface area contributed by atoms with Gasteiger partial charge in [0.1, 0.15) is 0 Å². The van der Waals surface area contributed by atoms with Crippen LogP contribution in [-0.2, 0) is 9.59 Å². The number of hydrogen-bond acceptors (Lipinski definition) is 2. The molecule has 0 aromatic rings. The van der Waals surface area contributed by atoms with E-state index in [1.807, 2.05) is 0 Å². The molecule has 0 saturated carbocycles. The molecule has 0 unspecified atom stereocenters. The second-order valence-electron chi connectivity index (χ2n) is 1.80. The van der Waals surface area contributed by atoms with Gasteiger partial charge in [-0.2, -0.15) is 0 Å². The van der Waals surface area contributed by atoms with Gasteiger partial charge >= 0.3 is 0 Å². The van der Waals surface area contributed by atoms with Crippen molar-refractivity contribution in [2.75, 3.05) is 19.9 Å². The Labute approximate surface area is 63.0 Å². The fraction of sp³-hybridized carbons (Fsp3) is 0.667. The van der Waals surface area contributed by atoms with Crippen LogP contribution in [0.2, 0.25) is 0 Å². The van der Waals surface area contributed by atoms with Crippen molar-refractivity contribution in [3.63, 3.8) is 0 Å². The molecule has 0 heterocycles. The molecule has 64 valence electrons. The maximum atomic E-state index is 11.7. The normalized spacial score (nSPS) is 9.36. The van der Waals surface area contributed by atoms with Crippen LogP contribution in [0.1, 0.15) is 6.92 Å². The fourth-order valence-corrected chi connectivity index (χ4v) is 0.636. The largest absolute Gasteiger partial charge is 0.278 e. The van der Waals surface area contributed by atoms with E-state index < -0.39 is 25.2 Å². The van der Waals surface area contributed by atoms with E-state index in [4.69, 9.17) is 0 Å². The Morgan fingerprint density at radius 1 is 1.18 bits per heavy atom. The molecule has 3 nitrogen and oxygen atoms in total. The fourth-order valence-electron chi connectivity index (χ4n) is 0.636. The number of halogens is 2. The van der Waals surface area contributed by atoms with Crippen LogP contribution in [0.25, 0.3) is 0 Å². The van der Waals surface area contributed by atoms with E-state index in [1.54, 1.807) is 0 Å². The average molecular weight is 165 g/mol. The summed E-state index contributed by atoms with van der Waals surface area (Å²) in [6, 6.07) is 0. The predicted octanol–water partition coefficient (Wildman–Crippen LogP) is 0.301. The first-order valence-electron chi connectivity index (χ1n) is 3.12. The first-order chi connectivity index (χ1) is 5.17. The van der Waals surface area contributed by atoms with Crippen LogP contribution in [0, 0.1) is 0 Å². The van der Waals surface area contributed by atoms with Crippen LogP contribution in [0.5, 0.6) is 0 Å². The molecule has 0 rings (SSSR count). The maximum Gasteiger partial charge on any atom is 0.260 e. The van der Waals surface area contributed by atoms with E-state index in [1.165, 1.54) is 6.92 Å². The van der Waals surface area contributed by atoms with Gasteiger partial charge in [0.05, 0.1) is 0 Å². The highest BCUT2D eigenvalue weighted by Crippen LogP contribution is 1.92. The van der Waals surface area contributed by atoms with Crippen molar-refractivity contribution in [3.8, 4) is 0 Å². The lowest BCUT2D eigenvalue weighted by atomic mass is 10.4. The molecular weight excluding hydrogens is 156 g/mol. The van der Waals surface area contributed by atoms with Gasteiger partial charge in [0.15, 0.2) is 13.3 Å². The zero-order valence-electron chi connectivity index (χ0n) is 6.14. The van der Waals surface area contributed by atoms with Gasteiger partial charge in [-0.25, -0.2) is 8.78 Å². The van der Waals surface area contributed by atoms with Gasteiger partial charge in [-0.15, -0.1) is 0 Å². The minimum atomic E-state index is -1.26. The molecule has 0 aliphatic heterocycles. The third kappa shape index (κ3) is 2.61. The lowest BCUT2D eigenvalue weighted by Gasteiger charge is -2.14. The second kappa shape index (κ2) is 4.76. The first kappa shape index (κ1) is 10.0. The molecule has 0 spiro atoms. The zero-order chi connectivity index (χ0) is 8.85. The number of hydrogen-bond donors (Lipinski definition) is 0. The number of carbonyl (C=O) groups is 2. The predicted molar refractivity (Wildman–Crippen MR) is 34.3 cm³/mol. The lowest BCUT2D eigenvalue weighted by Crippen LogP contribution is -2.38. The van der Waals surface area contributed by atoms with Crippen molar-refractivity contribution in [1.29, 1.82) is 0 Å². The number of imide groups is 1. The van der Waals surface area contributed by atoms with E-state index in [0.717, 1.165) is 0 Å². The van der Waals surface area contributed by atoms with E-state index in [-0.39, 0.29) is 6.54 Å². The molecule has 5 heteroatoms. The molecule has 0 bridgehead atoms. The molecule has 0 N–H and O–H groups in total. The highest BCUT2D eigenvalue weighted by Gasteiger charge is 2.18. The Morgan fingerprint density at radius 3 is 1.73 bits per heavy atom. The number of rotatable bonds is 3. The van der Waals surface area contributed by atoms with E-state index in [2.05, 4.69) is 0 Å². The molecule has 2 amide bonds. The highest BCUT2D eigenvalue weighted by atomic mass is 19.1. The summed E-state index contributed by atoms with van der Waals surface area (Å²) in [5.74, 6) is -1.98. The maximum absolute atomic E-state index is 11.7. The van der Waals surface area contributed by atoms with Gasteiger partial charge in [0.2, 0.25) is 0 Å². The monoisotopic (exact) mass is 165 g/mol. The molecule has 0 atom stereocenters. The standard InChI is InChI=1S/C6H9F2NO2/c1-2-9(5(10)3-7)6(11)4-8/h2-4H2,1H3. The highest BCUT2D eigenvalue weighted by molar-refractivity contribution is 5.96.